The van der Waals surface area contributed by atoms with Crippen molar-refractivity contribution in [1.82, 2.24) is 24.9 Å². The normalized spacial score (nSPS) is 14.0. The lowest BCUT2D eigenvalue weighted by Gasteiger charge is -2.35. The molecule has 1 aliphatic rings. The molecule has 3 aromatic rings. The largest absolute Gasteiger partial charge is 0.343 e. The van der Waals surface area contributed by atoms with E-state index in [1.165, 1.54) is 16.0 Å². The van der Waals surface area contributed by atoms with Crippen molar-refractivity contribution in [1.29, 1.82) is 0 Å². The number of carbonyl (C=O) groups excluding carboxylic acids is 2. The summed E-state index contributed by atoms with van der Waals surface area (Å²) in [6.45, 7) is 1.24. The minimum Gasteiger partial charge on any atom is -0.307 e. The number of urea groups is 2. The molecule has 2 N–H and O–H groups in total. The molecule has 0 saturated carbocycles. The van der Waals surface area contributed by atoms with Gasteiger partial charge in [-0.1, -0.05) is 11.6 Å². The first-order chi connectivity index (χ1) is 16.3. The van der Waals surface area contributed by atoms with Crippen LogP contribution in [0.2, 0.25) is 5.02 Å². The van der Waals surface area contributed by atoms with Crippen LogP contribution in [0, 0.1) is 5.82 Å². The standard InChI is InChI=1S/C23H25ClFN7O2/c1-29(2)15-21-26-10-13-30(21)18-8-9-20(19(25)14-18)31-11-3-12-32(23(31)34)28-22(33)27-17-6-4-16(24)5-7-17/h4-10,13-14H,3,11-12,15H2,1-2H3,(H2,27,28,33). The van der Waals surface area contributed by atoms with E-state index in [0.717, 1.165) is 5.82 Å². The Hall–Kier alpha value is -3.63. The van der Waals surface area contributed by atoms with Gasteiger partial charge in [0, 0.05) is 47.9 Å². The van der Waals surface area contributed by atoms with E-state index in [1.54, 1.807) is 53.4 Å². The first kappa shape index (κ1) is 23.5. The number of aromatic nitrogens is 2. The maximum Gasteiger partial charge on any atom is 0.343 e. The van der Waals surface area contributed by atoms with Crippen LogP contribution < -0.4 is 15.6 Å². The summed E-state index contributed by atoms with van der Waals surface area (Å²) in [6, 6.07) is 10.2. The first-order valence-corrected chi connectivity index (χ1v) is 11.1. The van der Waals surface area contributed by atoms with Gasteiger partial charge in [0.1, 0.15) is 11.6 Å². The third-order valence-electron chi connectivity index (χ3n) is 5.24. The summed E-state index contributed by atoms with van der Waals surface area (Å²) in [6.07, 6.45) is 3.99. The Morgan fingerprint density at radius 2 is 1.94 bits per heavy atom. The molecule has 0 radical (unpaired) electrons. The SMILES string of the molecule is CN(C)Cc1nccn1-c1ccc(N2CCCN(NC(=O)Nc3ccc(Cl)cc3)C2=O)c(F)c1. The number of nitrogens with one attached hydrogen (secondary N) is 2. The van der Waals surface area contributed by atoms with Gasteiger partial charge in [-0.15, -0.1) is 0 Å². The van der Waals surface area contributed by atoms with Gasteiger partial charge in [0.2, 0.25) is 0 Å². The lowest BCUT2D eigenvalue weighted by atomic mass is 10.2. The van der Waals surface area contributed by atoms with E-state index in [1.807, 2.05) is 19.0 Å². The summed E-state index contributed by atoms with van der Waals surface area (Å²) >= 11 is 5.85. The zero-order chi connectivity index (χ0) is 24.2. The molecule has 1 fully saturated rings. The molecule has 9 nitrogen and oxygen atoms in total. The Balaban J connectivity index is 1.46. The predicted octanol–water partition coefficient (Wildman–Crippen LogP) is 4.10. The smallest absolute Gasteiger partial charge is 0.307 e. The number of imidazole rings is 1. The van der Waals surface area contributed by atoms with Crippen LogP contribution in [-0.4, -0.2) is 58.7 Å². The zero-order valence-corrected chi connectivity index (χ0v) is 19.6. The summed E-state index contributed by atoms with van der Waals surface area (Å²) < 4.78 is 16.9. The van der Waals surface area contributed by atoms with Gasteiger partial charge in [-0.3, -0.25) is 4.90 Å². The molecular formula is C23H25ClFN7O2. The van der Waals surface area contributed by atoms with Crippen LogP contribution in [0.5, 0.6) is 0 Å². The van der Waals surface area contributed by atoms with Crippen molar-refractivity contribution in [2.24, 2.45) is 0 Å². The van der Waals surface area contributed by atoms with Crippen LogP contribution in [0.4, 0.5) is 25.4 Å². The second-order valence-corrected chi connectivity index (χ2v) is 8.54. The lowest BCUT2D eigenvalue weighted by Crippen LogP contribution is -2.57. The molecule has 0 bridgehead atoms. The summed E-state index contributed by atoms with van der Waals surface area (Å²) in [5.74, 6) is 0.232. The highest BCUT2D eigenvalue weighted by Crippen LogP contribution is 2.26. The van der Waals surface area contributed by atoms with E-state index in [2.05, 4.69) is 15.7 Å². The van der Waals surface area contributed by atoms with Crippen molar-refractivity contribution < 1.29 is 14.0 Å². The quantitative estimate of drug-likeness (QED) is 0.550. The average molecular weight is 486 g/mol. The molecule has 1 aromatic heterocycles. The maximum absolute atomic E-state index is 15.1. The van der Waals surface area contributed by atoms with Crippen molar-refractivity contribution in [2.75, 3.05) is 37.4 Å². The second kappa shape index (κ2) is 10.1. The molecule has 0 spiro atoms. The minimum absolute atomic E-state index is 0.146. The topological polar surface area (TPSA) is 85.7 Å². The summed E-state index contributed by atoms with van der Waals surface area (Å²) in [7, 11) is 3.86. The Bertz CT molecular complexity index is 1180. The molecule has 1 saturated heterocycles. The third kappa shape index (κ3) is 5.29. The summed E-state index contributed by atoms with van der Waals surface area (Å²) in [4.78, 5) is 33.0. The van der Waals surface area contributed by atoms with Gasteiger partial charge >= 0.3 is 12.1 Å². The van der Waals surface area contributed by atoms with Crippen molar-refractivity contribution in [2.45, 2.75) is 13.0 Å². The molecule has 0 aliphatic carbocycles. The van der Waals surface area contributed by atoms with E-state index < -0.39 is 17.9 Å². The van der Waals surface area contributed by atoms with Crippen LogP contribution in [0.15, 0.2) is 54.9 Å². The number of hydrazine groups is 1. The third-order valence-corrected chi connectivity index (χ3v) is 5.49. The van der Waals surface area contributed by atoms with Gasteiger partial charge in [0.05, 0.1) is 12.2 Å². The molecule has 2 heterocycles. The fourth-order valence-corrected chi connectivity index (χ4v) is 3.83. The monoisotopic (exact) mass is 485 g/mol. The number of rotatable bonds is 6. The molecule has 4 rings (SSSR count). The van der Waals surface area contributed by atoms with Crippen molar-refractivity contribution in [3.05, 3.63) is 71.5 Å². The van der Waals surface area contributed by atoms with Crippen LogP contribution in [-0.2, 0) is 6.54 Å². The fraction of sp³-hybridized carbons (Fsp3) is 0.261. The van der Waals surface area contributed by atoms with Crippen LogP contribution in [0.1, 0.15) is 12.2 Å². The second-order valence-electron chi connectivity index (χ2n) is 8.10. The van der Waals surface area contributed by atoms with Crippen LogP contribution >= 0.6 is 11.6 Å². The number of benzene rings is 2. The van der Waals surface area contributed by atoms with Gasteiger partial charge in [-0.05, 0) is 56.9 Å². The van der Waals surface area contributed by atoms with Gasteiger partial charge < -0.3 is 14.8 Å². The highest BCUT2D eigenvalue weighted by Gasteiger charge is 2.30. The van der Waals surface area contributed by atoms with E-state index in [9.17, 15) is 9.59 Å². The van der Waals surface area contributed by atoms with Gasteiger partial charge in [0.15, 0.2) is 0 Å². The first-order valence-electron chi connectivity index (χ1n) is 10.7. The van der Waals surface area contributed by atoms with E-state index in [-0.39, 0.29) is 5.69 Å². The van der Waals surface area contributed by atoms with Gasteiger partial charge in [-0.2, -0.15) is 0 Å². The molecule has 1 aliphatic heterocycles. The zero-order valence-electron chi connectivity index (χ0n) is 18.8. The molecule has 34 heavy (non-hydrogen) atoms. The highest BCUT2D eigenvalue weighted by atomic mass is 35.5. The van der Waals surface area contributed by atoms with Crippen molar-refractivity contribution in [3.63, 3.8) is 0 Å². The highest BCUT2D eigenvalue weighted by molar-refractivity contribution is 6.30. The number of halogens is 2. The summed E-state index contributed by atoms with van der Waals surface area (Å²) in [5, 5.41) is 4.36. The Kier molecular flexibility index (Phi) is 6.99. The number of nitrogens with zero attached hydrogens (tertiary/aromatic N) is 5. The van der Waals surface area contributed by atoms with E-state index in [0.29, 0.717) is 42.5 Å². The Morgan fingerprint density at radius 3 is 2.65 bits per heavy atom. The summed E-state index contributed by atoms with van der Waals surface area (Å²) in [5.41, 5.74) is 3.81. The van der Waals surface area contributed by atoms with Crippen LogP contribution in [0.25, 0.3) is 5.69 Å². The van der Waals surface area contributed by atoms with Gasteiger partial charge in [0.25, 0.3) is 0 Å². The number of carbonyl (C=O) groups is 2. The molecule has 0 unspecified atom stereocenters. The fourth-order valence-electron chi connectivity index (χ4n) is 3.70. The Morgan fingerprint density at radius 1 is 1.18 bits per heavy atom. The van der Waals surface area contributed by atoms with E-state index in [4.69, 9.17) is 11.6 Å². The number of hydrogen-bond donors (Lipinski definition) is 2. The molecule has 11 heteroatoms. The average Bonchev–Trinajstić information content (AvgIpc) is 3.24. The van der Waals surface area contributed by atoms with Gasteiger partial charge in [-0.25, -0.2) is 29.4 Å². The molecule has 178 valence electrons. The Labute approximate surface area is 201 Å². The molecular weight excluding hydrogens is 461 g/mol. The van der Waals surface area contributed by atoms with Crippen LogP contribution in [0.3, 0.4) is 0 Å². The maximum atomic E-state index is 15.1. The number of hydrogen-bond acceptors (Lipinski definition) is 4. The number of amides is 4. The van der Waals surface area contributed by atoms with Crippen molar-refractivity contribution >= 4 is 35.0 Å². The molecule has 0 atom stereocenters. The predicted molar refractivity (Wildman–Crippen MR) is 129 cm³/mol. The lowest BCUT2D eigenvalue weighted by molar-refractivity contribution is 0.167. The molecule has 2 aromatic carbocycles. The number of anilines is 2. The van der Waals surface area contributed by atoms with Crippen molar-refractivity contribution in [3.8, 4) is 5.69 Å². The van der Waals surface area contributed by atoms with E-state index >= 15 is 4.39 Å². The molecule has 4 amide bonds. The minimum atomic E-state index is -0.582.